The zero-order valence-electron chi connectivity index (χ0n) is 19.2. The van der Waals surface area contributed by atoms with Crippen LogP contribution >= 0.6 is 0 Å². The van der Waals surface area contributed by atoms with E-state index in [0.717, 1.165) is 0 Å². The molecule has 3 aromatic heterocycles. The highest BCUT2D eigenvalue weighted by Gasteiger charge is 2.23. The number of aromatic hydroxyl groups is 3. The van der Waals surface area contributed by atoms with E-state index >= 15 is 0 Å². The standard InChI is InChI=1S/C27H19N7O3/c28-24-22(33-20-11-5-2-8-17(20)30-26(33)36)13-15(32-19-10-4-1-7-16(19)29-25(32)35)14-23(24)34-21-12-6-3-9-18(21)31-27(34)37/h1-14H,28H2,(H,29,35)(H,30,36)(H,31,37). The fraction of sp³-hybridized carbons (Fsp3) is 0. The second kappa shape index (κ2) is 7.49. The van der Waals surface area contributed by atoms with E-state index in [2.05, 4.69) is 15.0 Å². The van der Waals surface area contributed by atoms with Crippen LogP contribution in [0.25, 0.3) is 50.2 Å². The van der Waals surface area contributed by atoms with Gasteiger partial charge in [-0.25, -0.2) is 0 Å². The summed E-state index contributed by atoms with van der Waals surface area (Å²) >= 11 is 0. The van der Waals surface area contributed by atoms with Crippen LogP contribution in [0, 0.1) is 0 Å². The quantitative estimate of drug-likeness (QED) is 0.270. The molecule has 37 heavy (non-hydrogen) atoms. The van der Waals surface area contributed by atoms with Gasteiger partial charge in [0.15, 0.2) is 0 Å². The Bertz CT molecular complexity index is 1900. The van der Waals surface area contributed by atoms with Gasteiger partial charge in [0.25, 0.3) is 18.0 Å². The van der Waals surface area contributed by atoms with E-state index in [-0.39, 0.29) is 23.7 Å². The molecule has 0 saturated heterocycles. The highest BCUT2D eigenvalue weighted by atomic mass is 16.3. The van der Waals surface area contributed by atoms with Gasteiger partial charge in [0.2, 0.25) is 0 Å². The highest BCUT2D eigenvalue weighted by molar-refractivity contribution is 5.88. The van der Waals surface area contributed by atoms with Crippen molar-refractivity contribution in [3.05, 3.63) is 84.9 Å². The van der Waals surface area contributed by atoms with Gasteiger partial charge in [-0.05, 0) is 48.5 Å². The van der Waals surface area contributed by atoms with Crippen LogP contribution in [0.2, 0.25) is 0 Å². The van der Waals surface area contributed by atoms with Crippen molar-refractivity contribution in [1.29, 1.82) is 0 Å². The van der Waals surface area contributed by atoms with Crippen molar-refractivity contribution in [2.24, 2.45) is 0 Å². The van der Waals surface area contributed by atoms with E-state index in [1.165, 1.54) is 9.13 Å². The van der Waals surface area contributed by atoms with Gasteiger partial charge in [-0.1, -0.05) is 36.4 Å². The minimum atomic E-state index is -0.254. The molecule has 5 N–H and O–H groups in total. The molecule has 3 heterocycles. The third-order valence-electron chi connectivity index (χ3n) is 6.49. The first-order chi connectivity index (χ1) is 18.0. The van der Waals surface area contributed by atoms with E-state index in [9.17, 15) is 15.3 Å². The second-order valence-corrected chi connectivity index (χ2v) is 8.61. The topological polar surface area (TPSA) is 140 Å². The number of nitrogen functional groups attached to an aromatic ring is 1. The molecule has 0 aliphatic rings. The monoisotopic (exact) mass is 489 g/mol. The molecule has 7 aromatic rings. The third kappa shape index (κ3) is 2.96. The van der Waals surface area contributed by atoms with Crippen molar-refractivity contribution >= 4 is 38.8 Å². The predicted octanol–water partition coefficient (Wildman–Crippen LogP) is 4.40. The van der Waals surface area contributed by atoms with Gasteiger partial charge in [0.05, 0.1) is 55.8 Å². The average Bonchev–Trinajstić information content (AvgIpc) is 3.53. The number of aromatic nitrogens is 6. The number of fused-ring (bicyclic) bond motifs is 3. The Labute approximate surface area is 208 Å². The molecule has 10 heteroatoms. The number of para-hydroxylation sites is 6. The fourth-order valence-electron chi connectivity index (χ4n) is 4.88. The van der Waals surface area contributed by atoms with Crippen molar-refractivity contribution in [3.8, 4) is 35.1 Å². The van der Waals surface area contributed by atoms with Crippen LogP contribution in [0.3, 0.4) is 0 Å². The molecule has 180 valence electrons. The van der Waals surface area contributed by atoms with Gasteiger partial charge in [0, 0.05) is 0 Å². The maximum atomic E-state index is 10.9. The number of anilines is 1. The third-order valence-corrected chi connectivity index (χ3v) is 6.49. The van der Waals surface area contributed by atoms with Gasteiger partial charge in [-0.3, -0.25) is 13.7 Å². The summed E-state index contributed by atoms with van der Waals surface area (Å²) in [5, 5.41) is 32.6. The lowest BCUT2D eigenvalue weighted by Crippen LogP contribution is -2.08. The summed E-state index contributed by atoms with van der Waals surface area (Å²) in [4.78, 5) is 12.8. The lowest BCUT2D eigenvalue weighted by atomic mass is 10.1. The van der Waals surface area contributed by atoms with Crippen LogP contribution in [0.15, 0.2) is 84.9 Å². The van der Waals surface area contributed by atoms with E-state index in [1.807, 2.05) is 54.6 Å². The van der Waals surface area contributed by atoms with Crippen molar-refractivity contribution < 1.29 is 15.3 Å². The largest absolute Gasteiger partial charge is 0.480 e. The number of imidazole rings is 3. The summed E-state index contributed by atoms with van der Waals surface area (Å²) in [5.41, 5.74) is 12.0. The Balaban J connectivity index is 1.62. The molecular formula is C27H19N7O3. The van der Waals surface area contributed by atoms with Gasteiger partial charge in [-0.2, -0.15) is 15.0 Å². The van der Waals surface area contributed by atoms with Gasteiger partial charge < -0.3 is 21.1 Å². The van der Waals surface area contributed by atoms with Gasteiger partial charge in [-0.15, -0.1) is 0 Å². The normalized spacial score (nSPS) is 11.7. The molecule has 0 amide bonds. The van der Waals surface area contributed by atoms with Crippen LogP contribution in [-0.2, 0) is 0 Å². The molecule has 0 bridgehead atoms. The Morgan fingerprint density at radius 3 is 1.30 bits per heavy atom. The average molecular weight is 489 g/mol. The number of benzene rings is 4. The van der Waals surface area contributed by atoms with E-state index in [1.54, 1.807) is 34.9 Å². The summed E-state index contributed by atoms with van der Waals surface area (Å²) in [6.07, 6.45) is 0. The van der Waals surface area contributed by atoms with Crippen LogP contribution in [-0.4, -0.2) is 44.0 Å². The molecule has 10 nitrogen and oxygen atoms in total. The smallest absolute Gasteiger partial charge is 0.299 e. The van der Waals surface area contributed by atoms with Crippen LogP contribution < -0.4 is 5.73 Å². The Kier molecular flexibility index (Phi) is 4.22. The molecule has 4 aromatic carbocycles. The Hall–Kier alpha value is -5.51. The summed E-state index contributed by atoms with van der Waals surface area (Å²) in [6, 6.07) is 24.6. The lowest BCUT2D eigenvalue weighted by molar-refractivity contribution is 0.424. The van der Waals surface area contributed by atoms with Crippen molar-refractivity contribution in [3.63, 3.8) is 0 Å². The fourth-order valence-corrected chi connectivity index (χ4v) is 4.88. The SMILES string of the molecule is Nc1c(-n2c(O)nc3ccccc32)cc(-n2c(O)nc3ccccc32)cc1-n1c(O)nc2ccccc21. The van der Waals surface area contributed by atoms with Crippen LogP contribution in [0.1, 0.15) is 0 Å². The molecular weight excluding hydrogens is 470 g/mol. The molecule has 0 aliphatic heterocycles. The molecule has 0 saturated carbocycles. The minimum Gasteiger partial charge on any atom is -0.480 e. The van der Waals surface area contributed by atoms with Crippen molar-refractivity contribution in [2.45, 2.75) is 0 Å². The molecule has 0 unspecified atom stereocenters. The van der Waals surface area contributed by atoms with Gasteiger partial charge in [0.1, 0.15) is 0 Å². The minimum absolute atomic E-state index is 0.220. The number of hydrogen-bond acceptors (Lipinski definition) is 7. The molecule has 0 fully saturated rings. The predicted molar refractivity (Wildman–Crippen MR) is 140 cm³/mol. The second-order valence-electron chi connectivity index (χ2n) is 8.61. The summed E-state index contributed by atoms with van der Waals surface area (Å²) in [5.74, 6) is 0. The zero-order valence-corrected chi connectivity index (χ0v) is 19.2. The maximum absolute atomic E-state index is 10.9. The molecule has 7 rings (SSSR count). The van der Waals surface area contributed by atoms with Crippen molar-refractivity contribution in [1.82, 2.24) is 28.7 Å². The molecule has 0 atom stereocenters. The summed E-state index contributed by atoms with van der Waals surface area (Å²) in [7, 11) is 0. The first-order valence-electron chi connectivity index (χ1n) is 11.5. The first kappa shape index (κ1) is 20.8. The zero-order chi connectivity index (χ0) is 25.3. The Morgan fingerprint density at radius 2 is 0.865 bits per heavy atom. The number of rotatable bonds is 3. The van der Waals surface area contributed by atoms with Crippen LogP contribution in [0.5, 0.6) is 18.0 Å². The van der Waals surface area contributed by atoms with E-state index < -0.39 is 0 Å². The number of nitrogens with zero attached hydrogens (tertiary/aromatic N) is 6. The first-order valence-corrected chi connectivity index (χ1v) is 11.5. The molecule has 0 radical (unpaired) electrons. The summed E-state index contributed by atoms with van der Waals surface area (Å²) in [6.45, 7) is 0. The Morgan fingerprint density at radius 1 is 0.514 bits per heavy atom. The van der Waals surface area contributed by atoms with Gasteiger partial charge >= 0.3 is 0 Å². The molecule has 0 spiro atoms. The number of hydrogen-bond donors (Lipinski definition) is 4. The van der Waals surface area contributed by atoms with Crippen molar-refractivity contribution in [2.75, 3.05) is 5.73 Å². The highest BCUT2D eigenvalue weighted by Crippen LogP contribution is 2.38. The lowest BCUT2D eigenvalue weighted by Gasteiger charge is -2.18. The van der Waals surface area contributed by atoms with E-state index in [0.29, 0.717) is 50.2 Å². The summed E-state index contributed by atoms with van der Waals surface area (Å²) < 4.78 is 4.64. The number of nitrogens with two attached hydrogens (primary N) is 1. The van der Waals surface area contributed by atoms with Crippen LogP contribution in [0.4, 0.5) is 5.69 Å². The maximum Gasteiger partial charge on any atom is 0.299 e. The van der Waals surface area contributed by atoms with E-state index in [4.69, 9.17) is 5.73 Å². The molecule has 0 aliphatic carbocycles.